The molecule has 0 aromatic carbocycles. The Morgan fingerprint density at radius 3 is 0.923 bits per heavy atom. The molecule has 0 spiro atoms. The van der Waals surface area contributed by atoms with Crippen LogP contribution >= 0.6 is 0 Å². The van der Waals surface area contributed by atoms with Gasteiger partial charge in [-0.3, -0.25) is 8.37 Å². The minimum atomic E-state index is -4.41. The molecule has 0 rings (SSSR count). The van der Waals surface area contributed by atoms with Crippen LogP contribution in [-0.4, -0.2) is 40.2 Å². The summed E-state index contributed by atoms with van der Waals surface area (Å²) in [6.45, 7) is 0. The SMILES string of the molecule is COS(=O)(=O)[O-].COS(=O)(=O)[O-].[Zn+2]. The third-order valence-corrected chi connectivity index (χ3v) is 1.22. The summed E-state index contributed by atoms with van der Waals surface area (Å²) < 4.78 is 62.0. The van der Waals surface area contributed by atoms with Crippen molar-refractivity contribution in [3.8, 4) is 0 Å². The molecule has 0 fully saturated rings. The van der Waals surface area contributed by atoms with Crippen LogP contribution in [0.25, 0.3) is 0 Å². The van der Waals surface area contributed by atoms with Gasteiger partial charge in [0.05, 0.1) is 14.2 Å². The van der Waals surface area contributed by atoms with Crippen LogP contribution in [0.5, 0.6) is 0 Å². The fourth-order valence-electron chi connectivity index (χ4n) is 0. The first kappa shape index (κ1) is 19.0. The zero-order valence-corrected chi connectivity index (χ0v) is 11.4. The maximum atomic E-state index is 9.22. The van der Waals surface area contributed by atoms with E-state index in [1.807, 2.05) is 0 Å². The van der Waals surface area contributed by atoms with E-state index in [0.29, 0.717) is 0 Å². The third kappa shape index (κ3) is 32.8. The Bertz CT molecular complexity index is 256. The van der Waals surface area contributed by atoms with Crippen LogP contribution in [0.3, 0.4) is 0 Å². The van der Waals surface area contributed by atoms with E-state index in [1.54, 1.807) is 0 Å². The predicted molar refractivity (Wildman–Crippen MR) is 33.4 cm³/mol. The van der Waals surface area contributed by atoms with E-state index < -0.39 is 20.8 Å². The molecule has 0 heterocycles. The molecule has 0 N–H and O–H groups in total. The van der Waals surface area contributed by atoms with Gasteiger partial charge in [-0.05, 0) is 0 Å². The Morgan fingerprint density at radius 1 is 0.846 bits per heavy atom. The molecule has 0 saturated carbocycles. The van der Waals surface area contributed by atoms with Crippen molar-refractivity contribution in [3.63, 3.8) is 0 Å². The van der Waals surface area contributed by atoms with Gasteiger partial charge in [0, 0.05) is 0 Å². The van der Waals surface area contributed by atoms with Crippen molar-refractivity contribution in [2.75, 3.05) is 14.2 Å². The topological polar surface area (TPSA) is 133 Å². The summed E-state index contributed by atoms with van der Waals surface area (Å²) in [5.41, 5.74) is 0. The smallest absolute Gasteiger partial charge is 0.726 e. The van der Waals surface area contributed by atoms with Crippen molar-refractivity contribution in [3.05, 3.63) is 0 Å². The Morgan fingerprint density at radius 2 is 0.923 bits per heavy atom. The predicted octanol–water partition coefficient (Wildman–Crippen LogP) is -1.82. The fraction of sp³-hybridized carbons (Fsp3) is 1.00. The molecule has 0 bridgehead atoms. The van der Waals surface area contributed by atoms with Crippen LogP contribution in [0, 0.1) is 0 Å². The molecular weight excluding hydrogens is 282 g/mol. The van der Waals surface area contributed by atoms with Crippen LogP contribution in [0.1, 0.15) is 0 Å². The molecule has 0 atom stereocenters. The molecule has 0 amide bonds. The quantitative estimate of drug-likeness (QED) is 0.329. The van der Waals surface area contributed by atoms with E-state index in [4.69, 9.17) is 0 Å². The summed E-state index contributed by atoms with van der Waals surface area (Å²) in [4.78, 5) is 0. The molecule has 8 nitrogen and oxygen atoms in total. The molecule has 13 heavy (non-hydrogen) atoms. The molecular formula is C2H6O8S2Zn. The molecule has 0 aromatic rings. The maximum Gasteiger partial charge on any atom is 2.00 e. The Hall–Kier alpha value is 0.363. The normalized spacial score (nSPS) is 10.8. The van der Waals surface area contributed by atoms with Crippen LogP contribution in [0.15, 0.2) is 0 Å². The van der Waals surface area contributed by atoms with Gasteiger partial charge in [-0.25, -0.2) is 16.8 Å². The first-order valence-electron chi connectivity index (χ1n) is 2.15. The maximum absolute atomic E-state index is 9.22. The average molecular weight is 288 g/mol. The summed E-state index contributed by atoms with van der Waals surface area (Å²) in [5, 5.41) is 0. The van der Waals surface area contributed by atoms with Gasteiger partial charge in [-0.2, -0.15) is 0 Å². The van der Waals surface area contributed by atoms with E-state index in [0.717, 1.165) is 14.2 Å². The van der Waals surface area contributed by atoms with Crippen molar-refractivity contribution in [2.24, 2.45) is 0 Å². The van der Waals surface area contributed by atoms with Gasteiger partial charge in [-0.1, -0.05) is 0 Å². The van der Waals surface area contributed by atoms with E-state index in [-0.39, 0.29) is 19.5 Å². The van der Waals surface area contributed by atoms with Crippen LogP contribution in [-0.2, 0) is 48.6 Å². The Labute approximate surface area is 88.9 Å². The van der Waals surface area contributed by atoms with Gasteiger partial charge < -0.3 is 9.11 Å². The Kier molecular flexibility index (Phi) is 11.3. The average Bonchev–Trinajstić information content (AvgIpc) is 1.86. The molecule has 0 aromatic heterocycles. The molecule has 0 saturated heterocycles. The van der Waals surface area contributed by atoms with Gasteiger partial charge >= 0.3 is 19.5 Å². The van der Waals surface area contributed by atoms with Gasteiger partial charge in [0.1, 0.15) is 0 Å². The van der Waals surface area contributed by atoms with Crippen molar-refractivity contribution in [1.29, 1.82) is 0 Å². The fourth-order valence-corrected chi connectivity index (χ4v) is 0. The molecule has 11 heteroatoms. The minimum absolute atomic E-state index is 0. The van der Waals surface area contributed by atoms with Gasteiger partial charge in [0.25, 0.3) is 0 Å². The first-order chi connectivity index (χ1) is 5.12. The number of hydrogen-bond acceptors (Lipinski definition) is 8. The molecule has 0 aliphatic rings. The zero-order chi connectivity index (χ0) is 10.4. The van der Waals surface area contributed by atoms with E-state index in [2.05, 4.69) is 8.37 Å². The van der Waals surface area contributed by atoms with E-state index in [1.165, 1.54) is 0 Å². The third-order valence-electron chi connectivity index (χ3n) is 0.408. The summed E-state index contributed by atoms with van der Waals surface area (Å²) in [6, 6.07) is 0. The number of rotatable bonds is 2. The standard InChI is InChI=1S/2CH4O4S.Zn/c2*1-5-6(2,3)4;/h2*1H3,(H,2,3,4);/q;;+2/p-2. The van der Waals surface area contributed by atoms with E-state index in [9.17, 15) is 25.9 Å². The minimum Gasteiger partial charge on any atom is -0.726 e. The summed E-state index contributed by atoms with van der Waals surface area (Å²) >= 11 is 0. The van der Waals surface area contributed by atoms with Crippen molar-refractivity contribution in [2.45, 2.75) is 0 Å². The second-order valence-corrected chi connectivity index (χ2v) is 3.45. The molecule has 0 radical (unpaired) electrons. The van der Waals surface area contributed by atoms with Crippen molar-refractivity contribution >= 4 is 20.8 Å². The van der Waals surface area contributed by atoms with Crippen LogP contribution in [0.2, 0.25) is 0 Å². The molecule has 0 aliphatic heterocycles. The Balaban J connectivity index is -0.000000143. The molecule has 0 unspecified atom stereocenters. The van der Waals surface area contributed by atoms with Crippen LogP contribution in [0.4, 0.5) is 0 Å². The summed E-state index contributed by atoms with van der Waals surface area (Å²) in [7, 11) is -7.21. The summed E-state index contributed by atoms with van der Waals surface area (Å²) in [6.07, 6.45) is 0. The summed E-state index contributed by atoms with van der Waals surface area (Å²) in [5.74, 6) is 0. The number of hydrogen-bond donors (Lipinski definition) is 0. The van der Waals surface area contributed by atoms with Crippen molar-refractivity contribution in [1.82, 2.24) is 0 Å². The second kappa shape index (κ2) is 7.74. The molecule has 0 aliphatic carbocycles. The van der Waals surface area contributed by atoms with E-state index >= 15 is 0 Å². The van der Waals surface area contributed by atoms with Crippen LogP contribution < -0.4 is 0 Å². The molecule has 76 valence electrons. The second-order valence-electron chi connectivity index (χ2n) is 1.15. The van der Waals surface area contributed by atoms with Gasteiger partial charge in [0.15, 0.2) is 0 Å². The zero-order valence-electron chi connectivity index (χ0n) is 6.79. The monoisotopic (exact) mass is 286 g/mol. The van der Waals surface area contributed by atoms with Gasteiger partial charge in [-0.15, -0.1) is 0 Å². The first-order valence-corrected chi connectivity index (χ1v) is 4.82. The van der Waals surface area contributed by atoms with Crippen molar-refractivity contribution < 1.29 is 53.8 Å². The van der Waals surface area contributed by atoms with Gasteiger partial charge in [0.2, 0.25) is 20.8 Å². The largest absolute Gasteiger partial charge is 2.00 e.